The lowest BCUT2D eigenvalue weighted by Gasteiger charge is -2.42. The summed E-state index contributed by atoms with van der Waals surface area (Å²) in [6, 6.07) is 0.482. The van der Waals surface area contributed by atoms with Crippen molar-refractivity contribution in [3.63, 3.8) is 0 Å². The van der Waals surface area contributed by atoms with E-state index in [-0.39, 0.29) is 5.97 Å². The fraction of sp³-hybridized carbons (Fsp3) is 0.929. The smallest absolute Gasteiger partial charge is 0.326 e. The van der Waals surface area contributed by atoms with E-state index in [1.807, 2.05) is 14.0 Å². The first-order valence-electron chi connectivity index (χ1n) is 7.16. The number of nitrogens with one attached hydrogen (secondary N) is 1. The Morgan fingerprint density at radius 1 is 1.50 bits per heavy atom. The minimum absolute atomic E-state index is 0.0814. The fourth-order valence-electron chi connectivity index (χ4n) is 2.94. The molecule has 0 aromatic rings. The number of hydrogen-bond donors (Lipinski definition) is 1. The van der Waals surface area contributed by atoms with E-state index in [1.54, 1.807) is 0 Å². The molecule has 2 unspecified atom stereocenters. The third kappa shape index (κ3) is 3.45. The van der Waals surface area contributed by atoms with E-state index >= 15 is 0 Å². The molecule has 0 amide bonds. The van der Waals surface area contributed by atoms with E-state index in [4.69, 9.17) is 4.74 Å². The fourth-order valence-corrected chi connectivity index (χ4v) is 2.94. The van der Waals surface area contributed by atoms with Crippen LogP contribution in [0.15, 0.2) is 0 Å². The summed E-state index contributed by atoms with van der Waals surface area (Å²) in [5.74, 6) is -0.0814. The van der Waals surface area contributed by atoms with Gasteiger partial charge in [-0.2, -0.15) is 0 Å². The summed E-state index contributed by atoms with van der Waals surface area (Å²) in [6.07, 6.45) is 5.16. The Bertz CT molecular complexity index is 271. The number of carbonyl (C=O) groups is 1. The van der Waals surface area contributed by atoms with Gasteiger partial charge < -0.3 is 15.0 Å². The summed E-state index contributed by atoms with van der Waals surface area (Å²) in [5.41, 5.74) is -0.471. The summed E-state index contributed by atoms with van der Waals surface area (Å²) in [5, 5.41) is 3.23. The maximum absolute atomic E-state index is 12.2. The number of rotatable bonds is 6. The molecular weight excluding hydrogens is 228 g/mol. The molecule has 2 atom stereocenters. The van der Waals surface area contributed by atoms with E-state index in [0.29, 0.717) is 12.6 Å². The summed E-state index contributed by atoms with van der Waals surface area (Å²) in [6.45, 7) is 5.60. The molecule has 18 heavy (non-hydrogen) atoms. The van der Waals surface area contributed by atoms with Crippen molar-refractivity contribution < 1.29 is 9.53 Å². The van der Waals surface area contributed by atoms with Gasteiger partial charge in [-0.3, -0.25) is 4.79 Å². The highest BCUT2D eigenvalue weighted by molar-refractivity contribution is 5.81. The summed E-state index contributed by atoms with van der Waals surface area (Å²) in [4.78, 5) is 14.6. The highest BCUT2D eigenvalue weighted by Gasteiger charge is 2.43. The van der Waals surface area contributed by atoms with Crippen LogP contribution < -0.4 is 5.32 Å². The van der Waals surface area contributed by atoms with Crippen molar-refractivity contribution in [3.8, 4) is 0 Å². The number of nitrogens with zero attached hydrogens (tertiary/aromatic N) is 1. The lowest BCUT2D eigenvalue weighted by Crippen LogP contribution is -2.57. The predicted molar refractivity (Wildman–Crippen MR) is 73.6 cm³/mol. The molecule has 4 nitrogen and oxygen atoms in total. The summed E-state index contributed by atoms with van der Waals surface area (Å²) >= 11 is 0. The number of ether oxygens (including phenoxy) is 1. The molecule has 1 fully saturated rings. The maximum Gasteiger partial charge on any atom is 0.326 e. The third-order valence-corrected chi connectivity index (χ3v) is 4.07. The predicted octanol–water partition coefficient (Wildman–Crippen LogP) is 1.79. The van der Waals surface area contributed by atoms with Gasteiger partial charge in [0.1, 0.15) is 5.54 Å². The van der Waals surface area contributed by atoms with Crippen molar-refractivity contribution in [1.29, 1.82) is 0 Å². The Labute approximate surface area is 111 Å². The molecule has 1 rings (SSSR count). The minimum atomic E-state index is -0.471. The molecule has 0 radical (unpaired) electrons. The van der Waals surface area contributed by atoms with E-state index in [2.05, 4.69) is 24.2 Å². The zero-order valence-corrected chi connectivity index (χ0v) is 12.3. The minimum Gasteiger partial charge on any atom is -0.465 e. The average Bonchev–Trinajstić information content (AvgIpc) is 2.39. The van der Waals surface area contributed by atoms with Crippen molar-refractivity contribution >= 4 is 5.97 Å². The molecule has 4 heteroatoms. The van der Waals surface area contributed by atoms with Crippen LogP contribution in [-0.4, -0.2) is 49.7 Å². The third-order valence-electron chi connectivity index (χ3n) is 4.07. The van der Waals surface area contributed by atoms with Gasteiger partial charge in [0.25, 0.3) is 0 Å². The van der Waals surface area contributed by atoms with Gasteiger partial charge in [-0.25, -0.2) is 0 Å². The molecule has 106 valence electrons. The lowest BCUT2D eigenvalue weighted by atomic mass is 9.78. The number of hydrogen-bond acceptors (Lipinski definition) is 4. The molecule has 1 saturated carbocycles. The summed E-state index contributed by atoms with van der Waals surface area (Å²) in [7, 11) is 4.03. The van der Waals surface area contributed by atoms with Crippen LogP contribution in [0.25, 0.3) is 0 Å². The Kier molecular flexibility index (Phi) is 6.09. The number of likely N-dealkylation sites (N-methyl/N-ethyl adjacent to an activating group) is 1. The van der Waals surface area contributed by atoms with Crippen LogP contribution in [0.5, 0.6) is 0 Å². The standard InChI is InChI=1S/C14H28N2O2/c1-5-10-16(4)12-8-7-9-14(11-12,15-3)13(17)18-6-2/h12,15H,5-11H2,1-4H3. The van der Waals surface area contributed by atoms with Crippen LogP contribution >= 0.6 is 0 Å². The van der Waals surface area contributed by atoms with Crippen LogP contribution in [0.2, 0.25) is 0 Å². The van der Waals surface area contributed by atoms with Crippen molar-refractivity contribution in [1.82, 2.24) is 10.2 Å². The Balaban J connectivity index is 2.71. The molecule has 0 heterocycles. The van der Waals surface area contributed by atoms with Gasteiger partial charge in [0, 0.05) is 6.04 Å². The van der Waals surface area contributed by atoms with Gasteiger partial charge in [-0.05, 0) is 59.7 Å². The van der Waals surface area contributed by atoms with Crippen LogP contribution in [0.4, 0.5) is 0 Å². The van der Waals surface area contributed by atoms with E-state index < -0.39 is 5.54 Å². The van der Waals surface area contributed by atoms with Crippen LogP contribution in [0, 0.1) is 0 Å². The van der Waals surface area contributed by atoms with Gasteiger partial charge in [-0.15, -0.1) is 0 Å². The van der Waals surface area contributed by atoms with Crippen molar-refractivity contribution in [3.05, 3.63) is 0 Å². The van der Waals surface area contributed by atoms with E-state index in [1.165, 1.54) is 6.42 Å². The molecule has 1 aliphatic rings. The molecule has 0 bridgehead atoms. The Morgan fingerprint density at radius 2 is 2.22 bits per heavy atom. The van der Waals surface area contributed by atoms with Crippen LogP contribution in [0.1, 0.15) is 46.0 Å². The SMILES string of the molecule is CCCN(C)C1CCCC(NC)(C(=O)OCC)C1. The van der Waals surface area contributed by atoms with Crippen molar-refractivity contribution in [2.75, 3.05) is 27.2 Å². The first kappa shape index (κ1) is 15.4. The second kappa shape index (κ2) is 7.10. The quantitative estimate of drug-likeness (QED) is 0.736. The van der Waals surface area contributed by atoms with Crippen LogP contribution in [0.3, 0.4) is 0 Å². The molecule has 1 N–H and O–H groups in total. The second-order valence-corrected chi connectivity index (χ2v) is 5.28. The molecule has 1 aliphatic carbocycles. The second-order valence-electron chi connectivity index (χ2n) is 5.28. The van der Waals surface area contributed by atoms with Crippen molar-refractivity contribution in [2.45, 2.75) is 57.5 Å². The van der Waals surface area contributed by atoms with Crippen molar-refractivity contribution in [2.24, 2.45) is 0 Å². The molecule has 0 aromatic carbocycles. The number of esters is 1. The zero-order valence-electron chi connectivity index (χ0n) is 12.3. The number of carbonyl (C=O) groups excluding carboxylic acids is 1. The first-order valence-corrected chi connectivity index (χ1v) is 7.16. The molecular formula is C14H28N2O2. The summed E-state index contributed by atoms with van der Waals surface area (Å²) < 4.78 is 5.24. The molecule has 0 aromatic heterocycles. The largest absolute Gasteiger partial charge is 0.465 e. The highest BCUT2D eigenvalue weighted by Crippen LogP contribution is 2.31. The molecule has 0 aliphatic heterocycles. The Morgan fingerprint density at radius 3 is 2.78 bits per heavy atom. The highest BCUT2D eigenvalue weighted by atomic mass is 16.5. The topological polar surface area (TPSA) is 41.6 Å². The molecule has 0 spiro atoms. The first-order chi connectivity index (χ1) is 8.59. The van der Waals surface area contributed by atoms with Gasteiger partial charge in [-0.1, -0.05) is 6.92 Å². The lowest BCUT2D eigenvalue weighted by molar-refractivity contribution is -0.153. The van der Waals surface area contributed by atoms with E-state index in [0.717, 1.165) is 32.2 Å². The van der Waals surface area contributed by atoms with Crippen LogP contribution in [-0.2, 0) is 9.53 Å². The zero-order chi connectivity index (χ0) is 13.6. The van der Waals surface area contributed by atoms with E-state index in [9.17, 15) is 4.79 Å². The Hall–Kier alpha value is -0.610. The maximum atomic E-state index is 12.2. The average molecular weight is 256 g/mol. The van der Waals surface area contributed by atoms with Gasteiger partial charge >= 0.3 is 5.97 Å². The molecule has 0 saturated heterocycles. The van der Waals surface area contributed by atoms with Gasteiger partial charge in [0.15, 0.2) is 0 Å². The van der Waals surface area contributed by atoms with Gasteiger partial charge in [0.2, 0.25) is 0 Å². The normalized spacial score (nSPS) is 28.4. The monoisotopic (exact) mass is 256 g/mol. The van der Waals surface area contributed by atoms with Gasteiger partial charge in [0.05, 0.1) is 6.61 Å².